The monoisotopic (exact) mass is 368 g/mol. The molecule has 0 spiro atoms. The first-order valence-electron chi connectivity index (χ1n) is 9.67. The fourth-order valence-electron chi connectivity index (χ4n) is 4.34. The standard InChI is InChI=1S/C20H24N4O3/c25-20-2-1-8-23(20)9-6-17-13-22(12-16-5-7-21-24(16)17)11-15-3-4-18-19(10-15)27-14-26-18/h3-5,7,10,17H,1-2,6,8-9,11-14H2/t17-/m0/s1. The molecule has 1 amide bonds. The molecule has 4 heterocycles. The van der Waals surface area contributed by atoms with Crippen molar-refractivity contribution in [3.05, 3.63) is 41.7 Å². The predicted octanol–water partition coefficient (Wildman–Crippen LogP) is 2.18. The van der Waals surface area contributed by atoms with Crippen LogP contribution in [0.15, 0.2) is 30.5 Å². The Morgan fingerprint density at radius 3 is 3.00 bits per heavy atom. The van der Waals surface area contributed by atoms with Gasteiger partial charge in [0.1, 0.15) is 0 Å². The molecule has 142 valence electrons. The van der Waals surface area contributed by atoms with E-state index in [1.807, 2.05) is 17.2 Å². The first-order chi connectivity index (χ1) is 13.3. The van der Waals surface area contributed by atoms with Crippen LogP contribution in [0.5, 0.6) is 11.5 Å². The highest BCUT2D eigenvalue weighted by atomic mass is 16.7. The summed E-state index contributed by atoms with van der Waals surface area (Å²) in [5, 5.41) is 4.54. The lowest BCUT2D eigenvalue weighted by Gasteiger charge is -2.34. The van der Waals surface area contributed by atoms with Gasteiger partial charge in [0.2, 0.25) is 12.7 Å². The van der Waals surface area contributed by atoms with Crippen molar-refractivity contribution < 1.29 is 14.3 Å². The Hall–Kier alpha value is -2.54. The van der Waals surface area contributed by atoms with E-state index in [0.717, 1.165) is 57.1 Å². The summed E-state index contributed by atoms with van der Waals surface area (Å²) in [4.78, 5) is 16.4. The van der Waals surface area contributed by atoms with Gasteiger partial charge < -0.3 is 14.4 Å². The molecule has 1 aromatic carbocycles. The van der Waals surface area contributed by atoms with Crippen molar-refractivity contribution in [2.45, 2.75) is 38.4 Å². The molecule has 0 unspecified atom stereocenters. The second-order valence-corrected chi connectivity index (χ2v) is 7.55. The molecule has 3 aliphatic rings. The molecule has 5 rings (SSSR count). The van der Waals surface area contributed by atoms with E-state index in [1.54, 1.807) is 0 Å². The van der Waals surface area contributed by atoms with Gasteiger partial charge in [-0.3, -0.25) is 14.4 Å². The zero-order valence-corrected chi connectivity index (χ0v) is 15.3. The van der Waals surface area contributed by atoms with Gasteiger partial charge in [-0.15, -0.1) is 0 Å². The number of rotatable bonds is 5. The third-order valence-electron chi connectivity index (χ3n) is 5.70. The van der Waals surface area contributed by atoms with Crippen LogP contribution in [0.2, 0.25) is 0 Å². The summed E-state index contributed by atoms with van der Waals surface area (Å²) in [7, 11) is 0. The van der Waals surface area contributed by atoms with Crippen LogP contribution in [-0.4, -0.2) is 51.9 Å². The second-order valence-electron chi connectivity index (χ2n) is 7.55. The minimum Gasteiger partial charge on any atom is -0.454 e. The molecule has 7 nitrogen and oxygen atoms in total. The number of fused-ring (bicyclic) bond motifs is 2. The minimum absolute atomic E-state index is 0.295. The van der Waals surface area contributed by atoms with E-state index in [2.05, 4.69) is 32.9 Å². The maximum absolute atomic E-state index is 11.9. The molecule has 0 aliphatic carbocycles. The topological polar surface area (TPSA) is 59.8 Å². The summed E-state index contributed by atoms with van der Waals surface area (Å²) >= 11 is 0. The highest BCUT2D eigenvalue weighted by Crippen LogP contribution is 2.33. The Kier molecular flexibility index (Phi) is 4.24. The van der Waals surface area contributed by atoms with Crippen molar-refractivity contribution in [3.63, 3.8) is 0 Å². The lowest BCUT2D eigenvalue weighted by atomic mass is 10.1. The van der Waals surface area contributed by atoms with Crippen LogP contribution < -0.4 is 9.47 Å². The number of likely N-dealkylation sites (tertiary alicyclic amines) is 1. The van der Waals surface area contributed by atoms with Gasteiger partial charge in [-0.1, -0.05) is 6.07 Å². The molecular weight excluding hydrogens is 344 g/mol. The first-order valence-corrected chi connectivity index (χ1v) is 9.67. The van der Waals surface area contributed by atoms with Crippen LogP contribution in [0.25, 0.3) is 0 Å². The average molecular weight is 368 g/mol. The van der Waals surface area contributed by atoms with Crippen molar-refractivity contribution >= 4 is 5.91 Å². The van der Waals surface area contributed by atoms with Crippen molar-refractivity contribution in [3.8, 4) is 11.5 Å². The lowest BCUT2D eigenvalue weighted by molar-refractivity contribution is -0.127. The zero-order valence-electron chi connectivity index (χ0n) is 15.3. The van der Waals surface area contributed by atoms with Crippen LogP contribution in [0.3, 0.4) is 0 Å². The summed E-state index contributed by atoms with van der Waals surface area (Å²) in [5.74, 6) is 1.95. The quantitative estimate of drug-likeness (QED) is 0.810. The molecule has 1 saturated heterocycles. The van der Waals surface area contributed by atoms with Gasteiger partial charge in [-0.05, 0) is 36.6 Å². The summed E-state index contributed by atoms with van der Waals surface area (Å²) in [5.41, 5.74) is 2.46. The van der Waals surface area contributed by atoms with Crippen molar-refractivity contribution in [1.29, 1.82) is 0 Å². The lowest BCUT2D eigenvalue weighted by Crippen LogP contribution is -2.39. The van der Waals surface area contributed by atoms with Crippen LogP contribution in [-0.2, 0) is 17.9 Å². The molecular formula is C20H24N4O3. The Morgan fingerprint density at radius 1 is 1.19 bits per heavy atom. The molecule has 1 fully saturated rings. The molecule has 0 radical (unpaired) electrons. The number of carbonyl (C=O) groups is 1. The summed E-state index contributed by atoms with van der Waals surface area (Å²) < 4.78 is 13.1. The highest BCUT2D eigenvalue weighted by molar-refractivity contribution is 5.78. The number of aromatic nitrogens is 2. The number of hydrogen-bond donors (Lipinski definition) is 0. The minimum atomic E-state index is 0.295. The Labute approximate surface area is 158 Å². The molecule has 27 heavy (non-hydrogen) atoms. The molecule has 3 aliphatic heterocycles. The normalized spacial score (nSPS) is 21.7. The predicted molar refractivity (Wildman–Crippen MR) is 98.4 cm³/mol. The molecule has 0 bridgehead atoms. The Balaban J connectivity index is 1.28. The van der Waals surface area contributed by atoms with Crippen LogP contribution in [0.1, 0.15) is 36.6 Å². The van der Waals surface area contributed by atoms with E-state index in [4.69, 9.17) is 9.47 Å². The SMILES string of the molecule is O=C1CCCN1CC[C@H]1CN(Cc2ccc3c(c2)OCO3)Cc2ccnn21. The molecule has 7 heteroatoms. The average Bonchev–Trinajstić information content (AvgIpc) is 3.40. The van der Waals surface area contributed by atoms with Gasteiger partial charge in [-0.25, -0.2) is 0 Å². The third-order valence-corrected chi connectivity index (χ3v) is 5.70. The number of nitrogens with zero attached hydrogens (tertiary/aromatic N) is 4. The summed E-state index contributed by atoms with van der Waals surface area (Å²) in [6.45, 7) is 4.71. The van der Waals surface area contributed by atoms with Crippen LogP contribution >= 0.6 is 0 Å². The maximum atomic E-state index is 11.9. The van der Waals surface area contributed by atoms with Gasteiger partial charge in [0.15, 0.2) is 11.5 Å². The second kappa shape index (κ2) is 6.88. The number of ether oxygens (including phenoxy) is 2. The van der Waals surface area contributed by atoms with Crippen molar-refractivity contribution in [2.24, 2.45) is 0 Å². The van der Waals surface area contributed by atoms with E-state index < -0.39 is 0 Å². The van der Waals surface area contributed by atoms with Gasteiger partial charge >= 0.3 is 0 Å². The van der Waals surface area contributed by atoms with Gasteiger partial charge in [-0.2, -0.15) is 5.10 Å². The fraction of sp³-hybridized carbons (Fsp3) is 0.500. The summed E-state index contributed by atoms with van der Waals surface area (Å²) in [6.07, 6.45) is 4.52. The van der Waals surface area contributed by atoms with E-state index in [1.165, 1.54) is 11.3 Å². The van der Waals surface area contributed by atoms with Crippen LogP contribution in [0, 0.1) is 0 Å². The van der Waals surface area contributed by atoms with E-state index >= 15 is 0 Å². The largest absolute Gasteiger partial charge is 0.454 e. The molecule has 2 aromatic rings. The third kappa shape index (κ3) is 3.27. The fourth-order valence-corrected chi connectivity index (χ4v) is 4.34. The molecule has 1 aromatic heterocycles. The maximum Gasteiger partial charge on any atom is 0.231 e. The van der Waals surface area contributed by atoms with Gasteiger partial charge in [0, 0.05) is 45.3 Å². The van der Waals surface area contributed by atoms with Gasteiger partial charge in [0.25, 0.3) is 0 Å². The van der Waals surface area contributed by atoms with Crippen molar-refractivity contribution in [2.75, 3.05) is 26.4 Å². The van der Waals surface area contributed by atoms with E-state index in [-0.39, 0.29) is 0 Å². The highest BCUT2D eigenvalue weighted by Gasteiger charge is 2.28. The number of amides is 1. The first kappa shape index (κ1) is 16.6. The molecule has 0 N–H and O–H groups in total. The zero-order chi connectivity index (χ0) is 18.2. The van der Waals surface area contributed by atoms with Gasteiger partial charge in [0.05, 0.1) is 11.7 Å². The number of hydrogen-bond acceptors (Lipinski definition) is 5. The Bertz CT molecular complexity index is 850. The van der Waals surface area contributed by atoms with E-state index in [0.29, 0.717) is 25.2 Å². The van der Waals surface area contributed by atoms with Crippen LogP contribution in [0.4, 0.5) is 0 Å². The summed E-state index contributed by atoms with van der Waals surface area (Å²) in [6, 6.07) is 8.57. The number of benzene rings is 1. The smallest absolute Gasteiger partial charge is 0.231 e. The Morgan fingerprint density at radius 2 is 2.11 bits per heavy atom. The molecule has 1 atom stereocenters. The molecule has 0 saturated carbocycles. The van der Waals surface area contributed by atoms with Crippen molar-refractivity contribution in [1.82, 2.24) is 19.6 Å². The number of carbonyl (C=O) groups excluding carboxylic acids is 1. The van der Waals surface area contributed by atoms with E-state index in [9.17, 15) is 4.79 Å².